The van der Waals surface area contributed by atoms with E-state index in [0.717, 1.165) is 25.8 Å². The van der Waals surface area contributed by atoms with Crippen molar-refractivity contribution in [2.24, 2.45) is 5.73 Å². The van der Waals surface area contributed by atoms with Gasteiger partial charge < -0.3 is 15.8 Å². The highest BCUT2D eigenvalue weighted by Gasteiger charge is 2.25. The van der Waals surface area contributed by atoms with Crippen LogP contribution in [0.15, 0.2) is 48.5 Å². The summed E-state index contributed by atoms with van der Waals surface area (Å²) in [5.41, 5.74) is 6.32. The zero-order chi connectivity index (χ0) is 21.8. The molecule has 8 heteroatoms. The number of hydrogen-bond acceptors (Lipinski definition) is 6. The van der Waals surface area contributed by atoms with Crippen LogP contribution >= 0.6 is 11.3 Å². The van der Waals surface area contributed by atoms with Crippen molar-refractivity contribution in [1.82, 2.24) is 10.3 Å². The summed E-state index contributed by atoms with van der Waals surface area (Å²) >= 11 is 1.25. The van der Waals surface area contributed by atoms with Crippen molar-refractivity contribution in [2.45, 2.75) is 25.3 Å². The van der Waals surface area contributed by atoms with Crippen molar-refractivity contribution in [1.29, 1.82) is 0 Å². The maximum Gasteiger partial charge on any atom is 0.409 e. The van der Waals surface area contributed by atoms with Gasteiger partial charge in [-0.1, -0.05) is 24.6 Å². The molecule has 1 fully saturated rings. The Kier molecular flexibility index (Phi) is 6.39. The summed E-state index contributed by atoms with van der Waals surface area (Å²) in [4.78, 5) is 29.1. The van der Waals surface area contributed by atoms with Crippen LogP contribution in [0.3, 0.4) is 0 Å². The lowest BCUT2D eigenvalue weighted by atomic mass is 9.98. The van der Waals surface area contributed by atoms with E-state index in [4.69, 9.17) is 10.5 Å². The fourth-order valence-corrected chi connectivity index (χ4v) is 4.61. The lowest BCUT2D eigenvalue weighted by Crippen LogP contribution is -2.36. The van der Waals surface area contributed by atoms with Gasteiger partial charge in [-0.3, -0.25) is 4.79 Å². The quantitative estimate of drug-likeness (QED) is 0.549. The number of amides is 1. The third-order valence-corrected chi connectivity index (χ3v) is 6.14. The number of ether oxygens (including phenoxy) is 1. The van der Waals surface area contributed by atoms with Gasteiger partial charge in [0.05, 0.1) is 11.3 Å². The van der Waals surface area contributed by atoms with Crippen LogP contribution < -0.4 is 15.8 Å². The van der Waals surface area contributed by atoms with Crippen LogP contribution in [0.1, 0.15) is 29.8 Å². The van der Waals surface area contributed by atoms with E-state index in [2.05, 4.69) is 10.3 Å². The maximum atomic E-state index is 14.5. The topological polar surface area (TPSA) is 94.3 Å². The van der Waals surface area contributed by atoms with E-state index in [1.165, 1.54) is 17.4 Å². The second kappa shape index (κ2) is 9.36. The molecule has 1 aromatic heterocycles. The van der Waals surface area contributed by atoms with Crippen LogP contribution in [0.25, 0.3) is 21.0 Å². The number of piperidine rings is 1. The van der Waals surface area contributed by atoms with Crippen molar-refractivity contribution in [2.75, 3.05) is 6.54 Å². The number of nitrogens with two attached hydrogens (primary N) is 1. The number of halogens is 1. The number of hydrogen-bond donors (Lipinski definition) is 2. The first-order valence-corrected chi connectivity index (χ1v) is 10.8. The van der Waals surface area contributed by atoms with Crippen LogP contribution in [0.4, 0.5) is 9.18 Å². The molecule has 1 amide bonds. The van der Waals surface area contributed by atoms with E-state index in [0.29, 0.717) is 26.8 Å². The molecule has 1 radical (unpaired) electrons. The summed E-state index contributed by atoms with van der Waals surface area (Å²) < 4.78 is 19.4. The van der Waals surface area contributed by atoms with E-state index in [1.54, 1.807) is 48.9 Å². The molecule has 4 rings (SSSR count). The van der Waals surface area contributed by atoms with Gasteiger partial charge in [-0.25, -0.2) is 14.2 Å². The highest BCUT2D eigenvalue weighted by molar-refractivity contribution is 7.18. The zero-order valence-electron chi connectivity index (χ0n) is 16.6. The van der Waals surface area contributed by atoms with Crippen LogP contribution in [0, 0.1) is 12.2 Å². The summed E-state index contributed by atoms with van der Waals surface area (Å²) in [6.07, 6.45) is 3.79. The highest BCUT2D eigenvalue weighted by Crippen LogP contribution is 2.38. The molecule has 0 bridgehead atoms. The minimum absolute atomic E-state index is 0.00916. The average Bonchev–Trinajstić information content (AvgIpc) is 3.20. The van der Waals surface area contributed by atoms with Gasteiger partial charge in [0, 0.05) is 17.2 Å². The van der Waals surface area contributed by atoms with Gasteiger partial charge in [0.25, 0.3) is 0 Å². The van der Waals surface area contributed by atoms with E-state index >= 15 is 0 Å². The molecule has 1 atom stereocenters. The predicted molar refractivity (Wildman–Crippen MR) is 117 cm³/mol. The Balaban J connectivity index is 1.69. The van der Waals surface area contributed by atoms with Crippen molar-refractivity contribution in [3.63, 3.8) is 0 Å². The Hall–Kier alpha value is -3.10. The lowest BCUT2D eigenvalue weighted by Gasteiger charge is -2.22. The van der Waals surface area contributed by atoms with Crippen molar-refractivity contribution >= 4 is 23.2 Å². The average molecular weight is 439 g/mol. The van der Waals surface area contributed by atoms with E-state index in [1.807, 2.05) is 0 Å². The summed E-state index contributed by atoms with van der Waals surface area (Å²) in [6.45, 7) is 0.872. The number of ketones is 1. The van der Waals surface area contributed by atoms with Crippen LogP contribution in [0.2, 0.25) is 0 Å². The third kappa shape index (κ3) is 4.98. The van der Waals surface area contributed by atoms with Gasteiger partial charge in [0.15, 0.2) is 5.78 Å². The molecule has 1 saturated heterocycles. The fraction of sp³-hybridized carbons (Fsp3) is 0.217. The van der Waals surface area contributed by atoms with Gasteiger partial charge >= 0.3 is 6.09 Å². The number of primary amides is 1. The number of thiazole rings is 1. The molecule has 1 aliphatic rings. The molecule has 0 saturated carbocycles. The second-order valence-electron chi connectivity index (χ2n) is 7.21. The first kappa shape index (κ1) is 21.1. The van der Waals surface area contributed by atoms with Gasteiger partial charge in [0.2, 0.25) is 0 Å². The molecule has 2 heterocycles. The molecule has 2 aromatic carbocycles. The molecule has 0 spiro atoms. The molecule has 1 aliphatic heterocycles. The molecule has 6 nitrogen and oxygen atoms in total. The van der Waals surface area contributed by atoms with E-state index < -0.39 is 11.9 Å². The van der Waals surface area contributed by atoms with Crippen molar-refractivity contribution in [3.8, 4) is 26.8 Å². The summed E-state index contributed by atoms with van der Waals surface area (Å²) in [7, 11) is 0. The molecule has 0 aliphatic carbocycles. The van der Waals surface area contributed by atoms with Crippen LogP contribution in [-0.2, 0) is 0 Å². The summed E-state index contributed by atoms with van der Waals surface area (Å²) in [5.74, 6) is -0.336. The van der Waals surface area contributed by atoms with Gasteiger partial charge in [-0.05, 0) is 49.7 Å². The number of Topliss-reactive ketones (excluding diaryl/α,β-unsaturated/α-hetero) is 1. The number of rotatable bonds is 6. The summed E-state index contributed by atoms with van der Waals surface area (Å²) in [6, 6.07) is 12.9. The molecule has 1 unspecified atom stereocenters. The number of carbonyl (C=O) groups is 2. The monoisotopic (exact) mass is 438 g/mol. The number of carbonyl (C=O) groups excluding carboxylic acids is 2. The first-order chi connectivity index (χ1) is 15.0. The Bertz CT molecular complexity index is 1090. The Morgan fingerprint density at radius 3 is 2.61 bits per heavy atom. The van der Waals surface area contributed by atoms with Crippen molar-refractivity contribution in [3.05, 3.63) is 66.5 Å². The zero-order valence-corrected chi connectivity index (χ0v) is 17.5. The molecule has 31 heavy (non-hydrogen) atoms. The number of nitrogens with zero attached hydrogens (tertiary/aromatic N) is 1. The Labute approximate surface area is 183 Å². The fourth-order valence-electron chi connectivity index (χ4n) is 3.50. The lowest BCUT2D eigenvalue weighted by molar-refractivity contribution is 0.101. The maximum absolute atomic E-state index is 14.5. The molecule has 159 valence electrons. The largest absolute Gasteiger partial charge is 0.411 e. The molecular formula is C23H21FN3O3S. The summed E-state index contributed by atoms with van der Waals surface area (Å²) in [5, 5.41) is 3.89. The SMILES string of the molecule is NC(=O)Oc1ccc(-c2nc(C(=O)[CH]C3CCCCN3)c(-c3ccccc3F)s2)cc1. The van der Waals surface area contributed by atoms with E-state index in [9.17, 15) is 14.0 Å². The normalized spacial score (nSPS) is 16.1. The number of benzene rings is 2. The van der Waals surface area contributed by atoms with Crippen LogP contribution in [-0.4, -0.2) is 29.4 Å². The number of nitrogens with one attached hydrogen (secondary N) is 1. The second-order valence-corrected chi connectivity index (χ2v) is 8.21. The standard InChI is InChI=1S/C23H21FN3O3S/c24-18-7-2-1-6-17(18)21-20(19(28)13-15-5-3-4-12-26-15)27-22(31-21)14-8-10-16(11-9-14)30-23(25)29/h1-2,6-11,13,15,26H,3-5,12H2,(H2,25,29). The van der Waals surface area contributed by atoms with Crippen LogP contribution in [0.5, 0.6) is 5.75 Å². The predicted octanol–water partition coefficient (Wildman–Crippen LogP) is 4.60. The Morgan fingerprint density at radius 1 is 1.16 bits per heavy atom. The Morgan fingerprint density at radius 2 is 1.94 bits per heavy atom. The van der Waals surface area contributed by atoms with E-state index in [-0.39, 0.29) is 17.5 Å². The van der Waals surface area contributed by atoms with Gasteiger partial charge in [-0.15, -0.1) is 11.3 Å². The minimum atomic E-state index is -0.899. The van der Waals surface area contributed by atoms with Gasteiger partial charge in [-0.2, -0.15) is 0 Å². The smallest absolute Gasteiger partial charge is 0.409 e. The molecule has 3 N–H and O–H groups in total. The third-order valence-electron chi connectivity index (χ3n) is 5.00. The molecule has 3 aromatic rings. The van der Waals surface area contributed by atoms with Gasteiger partial charge in [0.1, 0.15) is 22.3 Å². The highest BCUT2D eigenvalue weighted by atomic mass is 32.1. The minimum Gasteiger partial charge on any atom is -0.411 e. The van der Waals surface area contributed by atoms with Crippen molar-refractivity contribution < 1.29 is 18.7 Å². The first-order valence-electron chi connectivity index (χ1n) is 9.97. The number of aromatic nitrogens is 1. The molecular weight excluding hydrogens is 417 g/mol.